The Kier molecular flexibility index (Phi) is 4.65. The standard InChI is InChI=1S/C10H11FN4O4/c11-6-2-7(12)5(10(18)19)1-4(6)9(17)8(16)3-14-15-13/h1-2,8-9,16-17H,3,12H2,(H,18,19). The number of nitrogens with two attached hydrogens (primary N) is 1. The molecule has 2 unspecified atom stereocenters. The van der Waals surface area contributed by atoms with Gasteiger partial charge in [-0.2, -0.15) is 0 Å². The Morgan fingerprint density at radius 3 is 2.68 bits per heavy atom. The number of carboxylic acids is 1. The lowest BCUT2D eigenvalue weighted by Crippen LogP contribution is -2.22. The van der Waals surface area contributed by atoms with E-state index in [1.165, 1.54) is 0 Å². The van der Waals surface area contributed by atoms with Crippen LogP contribution >= 0.6 is 0 Å². The molecule has 1 rings (SSSR count). The third kappa shape index (κ3) is 3.32. The van der Waals surface area contributed by atoms with Crippen molar-refractivity contribution in [2.24, 2.45) is 5.11 Å². The maximum absolute atomic E-state index is 13.6. The van der Waals surface area contributed by atoms with Gasteiger partial charge in [0.2, 0.25) is 0 Å². The highest BCUT2D eigenvalue weighted by Gasteiger charge is 2.23. The summed E-state index contributed by atoms with van der Waals surface area (Å²) in [5.41, 5.74) is 12.3. The van der Waals surface area contributed by atoms with Gasteiger partial charge in [-0.1, -0.05) is 5.11 Å². The molecule has 0 aliphatic rings. The monoisotopic (exact) mass is 270 g/mol. The Hall–Kier alpha value is -2.35. The summed E-state index contributed by atoms with van der Waals surface area (Å²) in [7, 11) is 0. The van der Waals surface area contributed by atoms with Gasteiger partial charge < -0.3 is 21.1 Å². The van der Waals surface area contributed by atoms with Crippen molar-refractivity contribution in [2.75, 3.05) is 12.3 Å². The Morgan fingerprint density at radius 2 is 2.16 bits per heavy atom. The number of carbonyl (C=O) groups is 1. The number of benzene rings is 1. The highest BCUT2D eigenvalue weighted by Crippen LogP contribution is 2.25. The van der Waals surface area contributed by atoms with Crippen LogP contribution in [0.2, 0.25) is 0 Å². The average Bonchev–Trinajstić information content (AvgIpc) is 2.34. The summed E-state index contributed by atoms with van der Waals surface area (Å²) in [5.74, 6) is -2.36. The van der Waals surface area contributed by atoms with Crippen molar-refractivity contribution in [3.05, 3.63) is 39.5 Å². The number of carboxylic acid groups (broad SMARTS) is 1. The van der Waals surface area contributed by atoms with Gasteiger partial charge in [0, 0.05) is 16.2 Å². The molecule has 0 bridgehead atoms. The highest BCUT2D eigenvalue weighted by atomic mass is 19.1. The Bertz CT molecular complexity index is 545. The third-order valence-corrected chi connectivity index (χ3v) is 2.41. The number of aliphatic hydroxyl groups is 2. The largest absolute Gasteiger partial charge is 0.478 e. The number of anilines is 1. The smallest absolute Gasteiger partial charge is 0.337 e. The number of azide groups is 1. The van der Waals surface area contributed by atoms with Gasteiger partial charge in [0.15, 0.2) is 0 Å². The molecule has 0 saturated carbocycles. The summed E-state index contributed by atoms with van der Waals surface area (Å²) in [6, 6.07) is 1.57. The van der Waals surface area contributed by atoms with Crippen LogP contribution in [-0.4, -0.2) is 33.9 Å². The fraction of sp³-hybridized carbons (Fsp3) is 0.300. The van der Waals surface area contributed by atoms with Gasteiger partial charge in [0.05, 0.1) is 18.2 Å². The molecule has 0 fully saturated rings. The molecular weight excluding hydrogens is 259 g/mol. The SMILES string of the molecule is [N-]=[N+]=NCC(O)C(O)c1cc(C(=O)O)c(N)cc1F. The molecule has 1 aromatic rings. The predicted octanol–water partition coefficient (Wildman–Crippen LogP) is 0.811. The molecule has 0 aliphatic carbocycles. The number of hydrogen-bond acceptors (Lipinski definition) is 5. The fourth-order valence-corrected chi connectivity index (χ4v) is 1.44. The molecule has 2 atom stereocenters. The summed E-state index contributed by atoms with van der Waals surface area (Å²) >= 11 is 0. The van der Waals surface area contributed by atoms with Gasteiger partial charge in [-0.05, 0) is 17.7 Å². The molecule has 0 aromatic heterocycles. The van der Waals surface area contributed by atoms with Crippen LogP contribution in [0.25, 0.3) is 10.4 Å². The molecule has 0 saturated heterocycles. The number of halogens is 1. The Balaban J connectivity index is 3.15. The molecule has 9 heteroatoms. The lowest BCUT2D eigenvalue weighted by molar-refractivity contribution is 0.0222. The van der Waals surface area contributed by atoms with Crippen molar-refractivity contribution in [1.29, 1.82) is 0 Å². The van der Waals surface area contributed by atoms with E-state index in [1.807, 2.05) is 0 Å². The number of nitrogens with zero attached hydrogens (tertiary/aromatic N) is 3. The van der Waals surface area contributed by atoms with Crippen LogP contribution in [-0.2, 0) is 0 Å². The van der Waals surface area contributed by atoms with E-state index in [4.69, 9.17) is 16.4 Å². The lowest BCUT2D eigenvalue weighted by atomic mass is 10.00. The molecular formula is C10H11FN4O4. The first-order chi connectivity index (χ1) is 8.88. The van der Waals surface area contributed by atoms with Crippen LogP contribution in [0.3, 0.4) is 0 Å². The Labute approximate surface area is 106 Å². The molecule has 102 valence electrons. The molecule has 0 aliphatic heterocycles. The van der Waals surface area contributed by atoms with Crippen molar-refractivity contribution < 1.29 is 24.5 Å². The van der Waals surface area contributed by atoms with Crippen LogP contribution in [0, 0.1) is 5.82 Å². The zero-order valence-electron chi connectivity index (χ0n) is 9.56. The number of aromatic carboxylic acids is 1. The summed E-state index contributed by atoms with van der Waals surface area (Å²) in [6.07, 6.45) is -3.29. The quantitative estimate of drug-likeness (QED) is 0.270. The number of rotatable bonds is 5. The van der Waals surface area contributed by atoms with Gasteiger partial charge in [-0.25, -0.2) is 9.18 Å². The third-order valence-electron chi connectivity index (χ3n) is 2.41. The maximum Gasteiger partial charge on any atom is 0.337 e. The van der Waals surface area contributed by atoms with Gasteiger partial charge in [-0.3, -0.25) is 0 Å². The van der Waals surface area contributed by atoms with Gasteiger partial charge >= 0.3 is 5.97 Å². The molecule has 1 aromatic carbocycles. The topological polar surface area (TPSA) is 153 Å². The number of hydrogen-bond donors (Lipinski definition) is 4. The molecule has 0 spiro atoms. The first-order valence-corrected chi connectivity index (χ1v) is 5.07. The second-order valence-corrected chi connectivity index (χ2v) is 3.69. The second-order valence-electron chi connectivity index (χ2n) is 3.69. The van der Waals surface area contributed by atoms with E-state index in [-0.39, 0.29) is 5.69 Å². The molecule has 19 heavy (non-hydrogen) atoms. The van der Waals surface area contributed by atoms with Crippen LogP contribution < -0.4 is 5.73 Å². The average molecular weight is 270 g/mol. The molecule has 5 N–H and O–H groups in total. The number of nitrogen functional groups attached to an aromatic ring is 1. The zero-order valence-corrected chi connectivity index (χ0v) is 9.56. The summed E-state index contributed by atoms with van der Waals surface area (Å²) in [6.45, 7) is -0.482. The molecule has 0 radical (unpaired) electrons. The minimum Gasteiger partial charge on any atom is -0.478 e. The fourth-order valence-electron chi connectivity index (χ4n) is 1.44. The second kappa shape index (κ2) is 6.01. The maximum atomic E-state index is 13.6. The first kappa shape index (κ1) is 14.7. The van der Waals surface area contributed by atoms with Crippen molar-refractivity contribution >= 4 is 11.7 Å². The van der Waals surface area contributed by atoms with Crippen molar-refractivity contribution in [2.45, 2.75) is 12.2 Å². The van der Waals surface area contributed by atoms with Gasteiger partial charge in [0.25, 0.3) is 0 Å². The normalized spacial score (nSPS) is 13.4. The minimum absolute atomic E-state index is 0.300. The highest BCUT2D eigenvalue weighted by molar-refractivity contribution is 5.93. The zero-order chi connectivity index (χ0) is 14.6. The van der Waals surface area contributed by atoms with Crippen LogP contribution in [0.15, 0.2) is 17.2 Å². The van der Waals surface area contributed by atoms with Gasteiger partial charge in [-0.15, -0.1) is 0 Å². The Morgan fingerprint density at radius 1 is 1.53 bits per heavy atom. The van der Waals surface area contributed by atoms with Crippen LogP contribution in [0.1, 0.15) is 22.0 Å². The lowest BCUT2D eigenvalue weighted by Gasteiger charge is -2.18. The molecule has 0 amide bonds. The van der Waals surface area contributed by atoms with E-state index < -0.39 is 41.7 Å². The van der Waals surface area contributed by atoms with E-state index in [1.54, 1.807) is 0 Å². The minimum atomic E-state index is -1.73. The first-order valence-electron chi connectivity index (χ1n) is 5.07. The summed E-state index contributed by atoms with van der Waals surface area (Å²) in [4.78, 5) is 13.2. The van der Waals surface area contributed by atoms with Crippen molar-refractivity contribution in [3.8, 4) is 0 Å². The van der Waals surface area contributed by atoms with E-state index in [9.17, 15) is 19.4 Å². The molecule has 0 heterocycles. The predicted molar refractivity (Wildman–Crippen MR) is 62.8 cm³/mol. The van der Waals surface area contributed by atoms with E-state index in [2.05, 4.69) is 10.0 Å². The van der Waals surface area contributed by atoms with E-state index in [0.29, 0.717) is 0 Å². The van der Waals surface area contributed by atoms with Crippen LogP contribution in [0.4, 0.5) is 10.1 Å². The van der Waals surface area contributed by atoms with Crippen molar-refractivity contribution in [1.82, 2.24) is 0 Å². The van der Waals surface area contributed by atoms with Gasteiger partial charge in [0.1, 0.15) is 11.9 Å². The summed E-state index contributed by atoms with van der Waals surface area (Å²) in [5, 5.41) is 31.0. The van der Waals surface area contributed by atoms with Crippen molar-refractivity contribution in [3.63, 3.8) is 0 Å². The van der Waals surface area contributed by atoms with E-state index >= 15 is 0 Å². The number of aliphatic hydroxyl groups excluding tert-OH is 2. The molecule has 8 nitrogen and oxygen atoms in total. The summed E-state index contributed by atoms with van der Waals surface area (Å²) < 4.78 is 13.6. The van der Waals surface area contributed by atoms with Crippen LogP contribution in [0.5, 0.6) is 0 Å². The van der Waals surface area contributed by atoms with E-state index in [0.717, 1.165) is 12.1 Å².